The fraction of sp³-hybridized carbons (Fsp3) is 0.231. The van der Waals surface area contributed by atoms with E-state index in [-0.39, 0.29) is 11.9 Å². The molecule has 0 bridgehead atoms. The van der Waals surface area contributed by atoms with Crippen molar-refractivity contribution in [2.24, 2.45) is 5.73 Å². The van der Waals surface area contributed by atoms with Crippen molar-refractivity contribution in [2.75, 3.05) is 0 Å². The topological polar surface area (TPSA) is 55.1 Å². The van der Waals surface area contributed by atoms with Gasteiger partial charge in [0.1, 0.15) is 0 Å². The highest BCUT2D eigenvalue weighted by molar-refractivity contribution is 7.80. The smallest absolute Gasteiger partial charge is 0.252 e. The van der Waals surface area contributed by atoms with Crippen molar-refractivity contribution in [3.8, 4) is 0 Å². The summed E-state index contributed by atoms with van der Waals surface area (Å²) in [6, 6.07) is 7.82. The highest BCUT2D eigenvalue weighted by atomic mass is 32.1. The van der Waals surface area contributed by atoms with Crippen LogP contribution >= 0.6 is 23.6 Å². The van der Waals surface area contributed by atoms with Crippen LogP contribution < -0.4 is 11.1 Å². The van der Waals surface area contributed by atoms with Gasteiger partial charge in [0.25, 0.3) is 5.91 Å². The van der Waals surface area contributed by atoms with Gasteiger partial charge in [-0.15, -0.1) is 11.3 Å². The molecule has 3 nitrogen and oxygen atoms in total. The zero-order valence-electron chi connectivity index (χ0n) is 9.97. The molecule has 1 unspecified atom stereocenters. The van der Waals surface area contributed by atoms with E-state index in [4.69, 9.17) is 18.0 Å². The lowest BCUT2D eigenvalue weighted by molar-refractivity contribution is 0.0943. The van der Waals surface area contributed by atoms with E-state index in [1.54, 1.807) is 11.3 Å². The van der Waals surface area contributed by atoms with E-state index in [0.717, 1.165) is 10.1 Å². The predicted octanol–water partition coefficient (Wildman–Crippen LogP) is 2.70. The average molecular weight is 278 g/mol. The Labute approximate surface area is 115 Å². The molecule has 0 saturated heterocycles. The van der Waals surface area contributed by atoms with Crippen LogP contribution in [0.3, 0.4) is 0 Å². The fourth-order valence-corrected chi connectivity index (χ4v) is 3.00. The SMILES string of the molecule is CC(CC(N)=S)NC(=O)c1csc2ccccc12. The lowest BCUT2D eigenvalue weighted by atomic mass is 10.1. The molecule has 1 aromatic carbocycles. The number of hydrogen-bond acceptors (Lipinski definition) is 3. The number of nitrogens with two attached hydrogens (primary N) is 1. The average Bonchev–Trinajstić information content (AvgIpc) is 2.71. The first-order valence-corrected chi connectivity index (χ1v) is 6.92. The van der Waals surface area contributed by atoms with Crippen molar-refractivity contribution >= 4 is 44.5 Å². The van der Waals surface area contributed by atoms with Crippen LogP contribution in [-0.4, -0.2) is 16.9 Å². The number of hydrogen-bond donors (Lipinski definition) is 2. The number of benzene rings is 1. The third kappa shape index (κ3) is 2.86. The van der Waals surface area contributed by atoms with E-state index in [1.807, 2.05) is 36.6 Å². The Hall–Kier alpha value is -1.46. The Morgan fingerprint density at radius 1 is 1.50 bits per heavy atom. The second kappa shape index (κ2) is 5.46. The van der Waals surface area contributed by atoms with E-state index < -0.39 is 0 Å². The number of amides is 1. The summed E-state index contributed by atoms with van der Waals surface area (Å²) in [6.45, 7) is 1.89. The van der Waals surface area contributed by atoms with Gasteiger partial charge >= 0.3 is 0 Å². The van der Waals surface area contributed by atoms with Gasteiger partial charge in [0.15, 0.2) is 0 Å². The summed E-state index contributed by atoms with van der Waals surface area (Å²) < 4.78 is 1.12. The number of thiocarbonyl (C=S) groups is 1. The molecule has 18 heavy (non-hydrogen) atoms. The first-order chi connectivity index (χ1) is 8.58. The van der Waals surface area contributed by atoms with Gasteiger partial charge < -0.3 is 11.1 Å². The second-order valence-electron chi connectivity index (χ2n) is 4.19. The summed E-state index contributed by atoms with van der Waals surface area (Å²) in [5.41, 5.74) is 6.17. The normalized spacial score (nSPS) is 12.3. The van der Waals surface area contributed by atoms with Gasteiger partial charge in [-0.3, -0.25) is 4.79 Å². The number of carbonyl (C=O) groups is 1. The number of fused-ring (bicyclic) bond motifs is 1. The molecule has 0 fully saturated rings. The van der Waals surface area contributed by atoms with Crippen molar-refractivity contribution in [1.29, 1.82) is 0 Å². The summed E-state index contributed by atoms with van der Waals surface area (Å²) in [7, 11) is 0. The molecule has 1 heterocycles. The number of carbonyl (C=O) groups excluding carboxylic acids is 1. The van der Waals surface area contributed by atoms with Crippen molar-refractivity contribution in [1.82, 2.24) is 5.32 Å². The molecule has 5 heteroatoms. The molecule has 1 atom stereocenters. The zero-order chi connectivity index (χ0) is 13.1. The van der Waals surface area contributed by atoms with Crippen LogP contribution in [0.15, 0.2) is 29.6 Å². The molecule has 1 amide bonds. The minimum Gasteiger partial charge on any atom is -0.393 e. The summed E-state index contributed by atoms with van der Waals surface area (Å²) in [4.78, 5) is 12.5. The first-order valence-electron chi connectivity index (χ1n) is 5.63. The van der Waals surface area contributed by atoms with Gasteiger partial charge in [0.2, 0.25) is 0 Å². The third-order valence-electron chi connectivity index (χ3n) is 2.61. The molecule has 0 aliphatic heterocycles. The molecule has 94 valence electrons. The van der Waals surface area contributed by atoms with Gasteiger partial charge in [0.05, 0.1) is 10.6 Å². The van der Waals surface area contributed by atoms with Crippen LogP contribution in [0.2, 0.25) is 0 Å². The lowest BCUT2D eigenvalue weighted by Crippen LogP contribution is -2.35. The quantitative estimate of drug-likeness (QED) is 0.845. The van der Waals surface area contributed by atoms with E-state index >= 15 is 0 Å². The van der Waals surface area contributed by atoms with Crippen LogP contribution in [0, 0.1) is 0 Å². The molecule has 0 radical (unpaired) electrons. The number of rotatable bonds is 4. The molecule has 0 aliphatic rings. The molecular weight excluding hydrogens is 264 g/mol. The minimum atomic E-state index is -0.0730. The maximum Gasteiger partial charge on any atom is 0.252 e. The van der Waals surface area contributed by atoms with E-state index in [0.29, 0.717) is 17.0 Å². The van der Waals surface area contributed by atoms with Crippen LogP contribution in [0.5, 0.6) is 0 Å². The van der Waals surface area contributed by atoms with Gasteiger partial charge in [-0.05, 0) is 13.0 Å². The maximum atomic E-state index is 12.1. The lowest BCUT2D eigenvalue weighted by Gasteiger charge is -2.12. The van der Waals surface area contributed by atoms with Gasteiger partial charge in [-0.1, -0.05) is 30.4 Å². The van der Waals surface area contributed by atoms with Crippen molar-refractivity contribution < 1.29 is 4.79 Å². The van der Waals surface area contributed by atoms with Crippen molar-refractivity contribution in [3.05, 3.63) is 35.2 Å². The molecule has 0 spiro atoms. The summed E-state index contributed by atoms with van der Waals surface area (Å²) in [5, 5.41) is 5.78. The van der Waals surface area contributed by atoms with Crippen LogP contribution in [0.4, 0.5) is 0 Å². The Morgan fingerprint density at radius 2 is 2.22 bits per heavy atom. The molecule has 0 aliphatic carbocycles. The largest absolute Gasteiger partial charge is 0.393 e. The fourth-order valence-electron chi connectivity index (χ4n) is 1.81. The molecule has 0 saturated carbocycles. The summed E-state index contributed by atoms with van der Waals surface area (Å²) >= 11 is 6.40. The molecule has 2 aromatic rings. The standard InChI is InChI=1S/C13H14N2OS2/c1-8(6-12(14)17)15-13(16)10-7-18-11-5-3-2-4-9(10)11/h2-5,7-8H,6H2,1H3,(H2,14,17)(H,15,16). The highest BCUT2D eigenvalue weighted by Crippen LogP contribution is 2.25. The molecule has 1 aromatic heterocycles. The monoisotopic (exact) mass is 278 g/mol. The molecule has 3 N–H and O–H groups in total. The van der Waals surface area contributed by atoms with Crippen molar-refractivity contribution in [3.63, 3.8) is 0 Å². The minimum absolute atomic E-state index is 0.0475. The van der Waals surface area contributed by atoms with Crippen LogP contribution in [0.25, 0.3) is 10.1 Å². The first kappa shape index (κ1) is 13.0. The van der Waals surface area contributed by atoms with Crippen molar-refractivity contribution in [2.45, 2.75) is 19.4 Å². The Kier molecular flexibility index (Phi) is 3.93. The number of thiophene rings is 1. The van der Waals surface area contributed by atoms with Crippen LogP contribution in [0.1, 0.15) is 23.7 Å². The van der Waals surface area contributed by atoms with Gasteiger partial charge in [-0.25, -0.2) is 0 Å². The third-order valence-corrected chi connectivity index (χ3v) is 3.74. The second-order valence-corrected chi connectivity index (χ2v) is 5.63. The Morgan fingerprint density at radius 3 is 2.94 bits per heavy atom. The van der Waals surface area contributed by atoms with Gasteiger partial charge in [0, 0.05) is 27.9 Å². The molecule has 2 rings (SSSR count). The van der Waals surface area contributed by atoms with E-state index in [1.165, 1.54) is 0 Å². The Bertz CT molecular complexity index is 591. The zero-order valence-corrected chi connectivity index (χ0v) is 11.6. The number of nitrogens with one attached hydrogen (secondary N) is 1. The summed E-state index contributed by atoms with van der Waals surface area (Å²) in [6.07, 6.45) is 0.517. The summed E-state index contributed by atoms with van der Waals surface area (Å²) in [5.74, 6) is -0.0730. The highest BCUT2D eigenvalue weighted by Gasteiger charge is 2.14. The predicted molar refractivity (Wildman–Crippen MR) is 80.2 cm³/mol. The van der Waals surface area contributed by atoms with Gasteiger partial charge in [-0.2, -0.15) is 0 Å². The van der Waals surface area contributed by atoms with E-state index in [2.05, 4.69) is 5.32 Å². The van der Waals surface area contributed by atoms with E-state index in [9.17, 15) is 4.79 Å². The van der Waals surface area contributed by atoms with Crippen LogP contribution in [-0.2, 0) is 0 Å². The maximum absolute atomic E-state index is 12.1. The Balaban J connectivity index is 2.16. The molecular formula is C13H14N2OS2.